The Hall–Kier alpha value is -3.45. The van der Waals surface area contributed by atoms with Crippen LogP contribution in [0.3, 0.4) is 0 Å². The second-order valence-corrected chi connectivity index (χ2v) is 15.8. The zero-order chi connectivity index (χ0) is 32.4. The standard InChI is InChI=1S/C25H26N10O10P2/c26-18-10-19(29-5-28-18)35(6-30-10)13-9-2-23(9)3-43-47(40,41)45-16-12(34-7-31-11-20(34)32-22(27)33-21(11)37)8-1-24(15(8)25(16,24)38)4-42-46(39)44-17(23)14(13)36/h5-9,12-17,36,38H,1-4H2,(H5-,26,27,28,29,32,33,37,40,41)/p+1/t8-,9-,12-,13-,14+,15+,16+,17+,23+,24+,25-/m1/s1. The zero-order valence-electron chi connectivity index (χ0n) is 24.1. The number of aliphatic hydroxyl groups excluding tert-OH is 1. The number of phosphoric ester groups is 1. The Morgan fingerprint density at radius 1 is 1.04 bits per heavy atom. The number of nitrogens with one attached hydrogen (secondary N) is 1. The number of phosphoric acid groups is 1. The first-order chi connectivity index (χ1) is 22.4. The second-order valence-electron chi connectivity index (χ2n) is 13.5. The van der Waals surface area contributed by atoms with E-state index in [1.54, 1.807) is 4.57 Å². The van der Waals surface area contributed by atoms with Crippen molar-refractivity contribution in [2.45, 2.75) is 48.8 Å². The number of hydrogen-bond donors (Lipinski definition) is 6. The molecule has 5 heterocycles. The molecule has 20 nitrogen and oxygen atoms in total. The number of hydrogen-bond acceptors (Lipinski definition) is 16. The molecule has 2 spiro atoms. The summed E-state index contributed by atoms with van der Waals surface area (Å²) in [6, 6.07) is -1.46. The first-order valence-electron chi connectivity index (χ1n) is 14.9. The maximum Gasteiger partial charge on any atom is 0.697 e. The Kier molecular flexibility index (Phi) is 5.32. The van der Waals surface area contributed by atoms with Crippen molar-refractivity contribution in [3.05, 3.63) is 29.3 Å². The SMILES string of the molecule is Nc1nc2c(ncn2[C@@H]2[C@H]3C[C@@]45CO[P+](=O)O[C@H]6[C@@H](O)[C@H](n7cnc8c(N)ncnc87)[C@H]7C[C@]76COP(=O)(O)O[C@@H]2[C@]4(O)[C@@H]35)c(=O)[nH]1. The lowest BCUT2D eigenvalue weighted by Gasteiger charge is -2.44. The zero-order valence-corrected chi connectivity index (χ0v) is 25.8. The van der Waals surface area contributed by atoms with Crippen LogP contribution in [0, 0.1) is 28.6 Å². The summed E-state index contributed by atoms with van der Waals surface area (Å²) in [6.45, 7) is -0.602. The highest BCUT2D eigenvalue weighted by molar-refractivity contribution is 7.47. The van der Waals surface area contributed by atoms with Gasteiger partial charge in [-0.15, -0.1) is 9.05 Å². The van der Waals surface area contributed by atoms with Gasteiger partial charge in [-0.25, -0.2) is 24.5 Å². The van der Waals surface area contributed by atoms with Crippen LogP contribution in [0.5, 0.6) is 0 Å². The van der Waals surface area contributed by atoms with E-state index in [2.05, 4.69) is 29.9 Å². The highest BCUT2D eigenvalue weighted by Crippen LogP contribution is 2.87. The third-order valence-electron chi connectivity index (χ3n) is 11.7. The van der Waals surface area contributed by atoms with E-state index in [4.69, 9.17) is 29.6 Å². The Morgan fingerprint density at radius 2 is 1.81 bits per heavy atom. The van der Waals surface area contributed by atoms with Crippen molar-refractivity contribution < 1.29 is 42.3 Å². The molecule has 10 rings (SSSR count). The van der Waals surface area contributed by atoms with Crippen molar-refractivity contribution in [1.82, 2.24) is 39.0 Å². The Balaban J connectivity index is 1.01. The molecule has 1 aliphatic heterocycles. The second kappa shape index (κ2) is 8.76. The normalized spacial score (nSPS) is 45.7. The van der Waals surface area contributed by atoms with Crippen LogP contribution in [-0.2, 0) is 27.2 Å². The Morgan fingerprint density at radius 3 is 2.62 bits per heavy atom. The molecular weight excluding hydrogens is 662 g/mol. The van der Waals surface area contributed by atoms with Crippen molar-refractivity contribution >= 4 is 50.2 Å². The van der Waals surface area contributed by atoms with Crippen LogP contribution in [-0.4, -0.2) is 91.3 Å². The summed E-state index contributed by atoms with van der Waals surface area (Å²) in [7, 11) is -7.73. The fourth-order valence-corrected chi connectivity index (χ4v) is 11.6. The molecule has 47 heavy (non-hydrogen) atoms. The number of imidazole rings is 2. The smallest absolute Gasteiger partial charge is 0.388 e. The molecule has 0 bridgehead atoms. The molecule has 1 saturated heterocycles. The number of nitrogen functional groups attached to an aromatic ring is 2. The summed E-state index contributed by atoms with van der Waals surface area (Å²) in [4.78, 5) is 47.0. The number of aromatic amines is 1. The summed E-state index contributed by atoms with van der Waals surface area (Å²) >= 11 is 0. The van der Waals surface area contributed by atoms with Crippen LogP contribution in [0.15, 0.2) is 23.8 Å². The molecule has 0 aromatic carbocycles. The predicted molar refractivity (Wildman–Crippen MR) is 155 cm³/mol. The van der Waals surface area contributed by atoms with Gasteiger partial charge in [0.15, 0.2) is 28.7 Å². The molecule has 4 aromatic heterocycles. The van der Waals surface area contributed by atoms with E-state index in [0.717, 1.165) is 0 Å². The lowest BCUT2D eigenvalue weighted by molar-refractivity contribution is -0.0870. The molecule has 6 fully saturated rings. The molecular formula is C25H27N10O10P2+. The van der Waals surface area contributed by atoms with Gasteiger partial charge >= 0.3 is 16.1 Å². The molecule has 0 radical (unpaired) electrons. The van der Waals surface area contributed by atoms with Crippen LogP contribution in [0.1, 0.15) is 24.9 Å². The van der Waals surface area contributed by atoms with Crippen molar-refractivity contribution in [3.63, 3.8) is 0 Å². The Bertz CT molecular complexity index is 2180. The summed E-state index contributed by atoms with van der Waals surface area (Å²) in [5.74, 6) is -1.12. The van der Waals surface area contributed by atoms with Crippen molar-refractivity contribution in [2.24, 2.45) is 28.6 Å². The molecule has 4 aromatic rings. The van der Waals surface area contributed by atoms with Crippen LogP contribution in [0.4, 0.5) is 11.8 Å². The minimum Gasteiger partial charge on any atom is -0.388 e. The van der Waals surface area contributed by atoms with Crippen LogP contribution >= 0.6 is 16.1 Å². The number of rotatable bonds is 2. The van der Waals surface area contributed by atoms with Crippen molar-refractivity contribution in [3.8, 4) is 0 Å². The lowest BCUT2D eigenvalue weighted by Crippen LogP contribution is -2.49. The van der Waals surface area contributed by atoms with Gasteiger partial charge in [-0.1, -0.05) is 0 Å². The largest absolute Gasteiger partial charge is 0.697 e. The molecule has 5 aliphatic carbocycles. The highest BCUT2D eigenvalue weighted by atomic mass is 31.2. The van der Waals surface area contributed by atoms with Gasteiger partial charge in [-0.3, -0.25) is 18.8 Å². The van der Waals surface area contributed by atoms with Gasteiger partial charge in [0.2, 0.25) is 5.95 Å². The molecule has 246 valence electrons. The summed E-state index contributed by atoms with van der Waals surface area (Å²) in [5, 5.41) is 23.6. The molecule has 2 unspecified atom stereocenters. The molecule has 6 aliphatic rings. The highest BCUT2D eigenvalue weighted by Gasteiger charge is 2.95. The minimum absolute atomic E-state index is 0.00184. The first kappa shape index (κ1) is 28.6. The number of fused-ring (bicyclic) bond motifs is 2. The van der Waals surface area contributed by atoms with Crippen LogP contribution < -0.4 is 17.0 Å². The first-order valence-corrected chi connectivity index (χ1v) is 17.5. The minimum atomic E-state index is -4.92. The van der Waals surface area contributed by atoms with Gasteiger partial charge in [0.25, 0.3) is 5.56 Å². The summed E-state index contributed by atoms with van der Waals surface area (Å²) in [5.41, 5.74) is 8.39. The van der Waals surface area contributed by atoms with E-state index in [1.807, 2.05) is 0 Å². The van der Waals surface area contributed by atoms with E-state index in [-0.39, 0.29) is 41.4 Å². The van der Waals surface area contributed by atoms with Gasteiger partial charge in [0.05, 0.1) is 31.3 Å². The lowest BCUT2D eigenvalue weighted by atomic mass is 9.68. The molecule has 5 saturated carbocycles. The predicted octanol–water partition coefficient (Wildman–Crippen LogP) is -0.457. The maximum absolute atomic E-state index is 13.7. The topological polar surface area (TPSA) is 291 Å². The quantitative estimate of drug-likeness (QED) is 0.145. The average molecular weight is 689 g/mol. The van der Waals surface area contributed by atoms with E-state index in [0.29, 0.717) is 24.0 Å². The van der Waals surface area contributed by atoms with Gasteiger partial charge in [-0.2, -0.15) is 4.98 Å². The molecule has 13 atom stereocenters. The summed E-state index contributed by atoms with van der Waals surface area (Å²) < 4.78 is 53.3. The number of nitrogens with two attached hydrogens (primary N) is 2. The van der Waals surface area contributed by atoms with Crippen LogP contribution in [0.25, 0.3) is 22.3 Å². The molecule has 22 heteroatoms. The monoisotopic (exact) mass is 689 g/mol. The molecule has 8 N–H and O–H groups in total. The molecule has 0 amide bonds. The number of nitrogens with zero attached hydrogens (tertiary/aromatic N) is 7. The number of aliphatic hydroxyl groups is 2. The van der Waals surface area contributed by atoms with Gasteiger partial charge in [0.1, 0.15) is 36.3 Å². The number of anilines is 2. The fraction of sp³-hybridized carbons (Fsp3) is 0.600. The van der Waals surface area contributed by atoms with Gasteiger partial charge in [-0.05, 0) is 24.7 Å². The number of H-pyrrole nitrogens is 1. The fourth-order valence-electron chi connectivity index (χ4n) is 9.65. The maximum atomic E-state index is 13.7. The van der Waals surface area contributed by atoms with Crippen LogP contribution in [0.2, 0.25) is 0 Å². The van der Waals surface area contributed by atoms with Gasteiger partial charge in [0, 0.05) is 21.3 Å². The van der Waals surface area contributed by atoms with E-state index >= 15 is 0 Å². The van der Waals surface area contributed by atoms with E-state index in [9.17, 15) is 29.0 Å². The van der Waals surface area contributed by atoms with Crippen molar-refractivity contribution in [2.75, 3.05) is 24.7 Å². The van der Waals surface area contributed by atoms with Gasteiger partial charge < -0.3 is 35.7 Å². The third-order valence-corrected chi connectivity index (χ3v) is 13.4. The summed E-state index contributed by atoms with van der Waals surface area (Å²) in [6.07, 6.45) is 1.15. The average Bonchev–Trinajstić information content (AvgIpc) is 3.38. The number of aromatic nitrogens is 8. The van der Waals surface area contributed by atoms with E-state index < -0.39 is 81.0 Å². The Labute approximate surface area is 263 Å². The third kappa shape index (κ3) is 3.40. The van der Waals surface area contributed by atoms with E-state index in [1.165, 1.54) is 23.5 Å². The van der Waals surface area contributed by atoms with Crippen molar-refractivity contribution in [1.29, 1.82) is 0 Å².